The fourth-order valence-corrected chi connectivity index (χ4v) is 3.40. The summed E-state index contributed by atoms with van der Waals surface area (Å²) in [6.45, 7) is 6.26. The zero-order chi connectivity index (χ0) is 10.7. The van der Waals surface area contributed by atoms with Crippen LogP contribution in [0.3, 0.4) is 0 Å². The van der Waals surface area contributed by atoms with Crippen LogP contribution in [0, 0.1) is 11.8 Å². The Balaban J connectivity index is 1.76. The molecule has 2 fully saturated rings. The molecule has 2 rings (SSSR count). The van der Waals surface area contributed by atoms with Crippen molar-refractivity contribution in [1.82, 2.24) is 10.2 Å². The first-order valence-corrected chi connectivity index (χ1v) is 6.72. The van der Waals surface area contributed by atoms with Gasteiger partial charge in [0.15, 0.2) is 0 Å². The maximum atomic E-state index is 3.31. The van der Waals surface area contributed by atoms with E-state index in [1.807, 2.05) is 0 Å². The van der Waals surface area contributed by atoms with Crippen LogP contribution in [0.5, 0.6) is 0 Å². The SMILES string of the molecule is CCC1CCC(N2CCC(CNC)C2)C1. The van der Waals surface area contributed by atoms with Gasteiger partial charge in [-0.1, -0.05) is 13.3 Å². The van der Waals surface area contributed by atoms with E-state index >= 15 is 0 Å². The normalized spacial score (nSPS) is 37.6. The van der Waals surface area contributed by atoms with Crippen LogP contribution in [0.25, 0.3) is 0 Å². The molecule has 3 unspecified atom stereocenters. The summed E-state index contributed by atoms with van der Waals surface area (Å²) in [6.07, 6.45) is 7.22. The van der Waals surface area contributed by atoms with Crippen LogP contribution in [-0.4, -0.2) is 37.6 Å². The van der Waals surface area contributed by atoms with Crippen LogP contribution in [0.1, 0.15) is 39.0 Å². The Morgan fingerprint density at radius 3 is 2.73 bits per heavy atom. The van der Waals surface area contributed by atoms with Crippen molar-refractivity contribution in [3.05, 3.63) is 0 Å². The van der Waals surface area contributed by atoms with Crippen molar-refractivity contribution < 1.29 is 0 Å². The van der Waals surface area contributed by atoms with Gasteiger partial charge in [0.05, 0.1) is 0 Å². The predicted molar refractivity (Wildman–Crippen MR) is 65.0 cm³/mol. The second kappa shape index (κ2) is 5.31. The molecule has 1 saturated heterocycles. The summed E-state index contributed by atoms with van der Waals surface area (Å²) >= 11 is 0. The zero-order valence-corrected chi connectivity index (χ0v) is 10.3. The molecule has 1 N–H and O–H groups in total. The van der Waals surface area contributed by atoms with Crippen molar-refractivity contribution in [1.29, 1.82) is 0 Å². The molecule has 1 aliphatic heterocycles. The summed E-state index contributed by atoms with van der Waals surface area (Å²) in [6, 6.07) is 0.928. The van der Waals surface area contributed by atoms with Crippen LogP contribution < -0.4 is 5.32 Å². The molecule has 0 spiro atoms. The number of likely N-dealkylation sites (tertiary alicyclic amines) is 1. The number of hydrogen-bond acceptors (Lipinski definition) is 2. The van der Waals surface area contributed by atoms with Crippen LogP contribution in [0.2, 0.25) is 0 Å². The Bertz CT molecular complexity index is 193. The fraction of sp³-hybridized carbons (Fsp3) is 1.00. The topological polar surface area (TPSA) is 15.3 Å². The number of hydrogen-bond donors (Lipinski definition) is 1. The molecule has 2 aliphatic rings. The van der Waals surface area contributed by atoms with E-state index in [0.29, 0.717) is 0 Å². The molecule has 0 aromatic rings. The van der Waals surface area contributed by atoms with Crippen molar-refractivity contribution in [2.24, 2.45) is 11.8 Å². The lowest BCUT2D eigenvalue weighted by atomic mass is 10.1. The van der Waals surface area contributed by atoms with E-state index in [9.17, 15) is 0 Å². The average molecular weight is 210 g/mol. The van der Waals surface area contributed by atoms with Gasteiger partial charge in [-0.15, -0.1) is 0 Å². The summed E-state index contributed by atoms with van der Waals surface area (Å²) in [7, 11) is 2.07. The smallest absolute Gasteiger partial charge is 0.00981 e. The van der Waals surface area contributed by atoms with Crippen molar-refractivity contribution in [3.8, 4) is 0 Å². The molecule has 0 radical (unpaired) electrons. The van der Waals surface area contributed by atoms with Gasteiger partial charge in [0, 0.05) is 12.6 Å². The first-order valence-electron chi connectivity index (χ1n) is 6.72. The van der Waals surface area contributed by atoms with Gasteiger partial charge in [0.1, 0.15) is 0 Å². The molecule has 1 saturated carbocycles. The molecule has 3 atom stereocenters. The second-order valence-electron chi connectivity index (χ2n) is 5.45. The highest BCUT2D eigenvalue weighted by Crippen LogP contribution is 2.33. The minimum atomic E-state index is 0.913. The van der Waals surface area contributed by atoms with Gasteiger partial charge < -0.3 is 10.2 Å². The Kier molecular flexibility index (Phi) is 4.04. The number of rotatable bonds is 4. The molecular formula is C13H26N2. The molecule has 15 heavy (non-hydrogen) atoms. The van der Waals surface area contributed by atoms with Gasteiger partial charge in [0.25, 0.3) is 0 Å². The molecule has 0 amide bonds. The van der Waals surface area contributed by atoms with Gasteiger partial charge in [0.2, 0.25) is 0 Å². The van der Waals surface area contributed by atoms with E-state index in [0.717, 1.165) is 17.9 Å². The lowest BCUT2D eigenvalue weighted by molar-refractivity contribution is 0.231. The van der Waals surface area contributed by atoms with Crippen LogP contribution in [0.4, 0.5) is 0 Å². The lowest BCUT2D eigenvalue weighted by Crippen LogP contribution is -2.32. The summed E-state index contributed by atoms with van der Waals surface area (Å²) < 4.78 is 0. The van der Waals surface area contributed by atoms with Gasteiger partial charge >= 0.3 is 0 Å². The van der Waals surface area contributed by atoms with Crippen LogP contribution in [0.15, 0.2) is 0 Å². The summed E-state index contributed by atoms with van der Waals surface area (Å²) in [5, 5.41) is 3.31. The standard InChI is InChI=1S/C13H26N2/c1-3-11-4-5-13(8-11)15-7-6-12(10-15)9-14-2/h11-14H,3-10H2,1-2H3. The summed E-state index contributed by atoms with van der Waals surface area (Å²) in [5.41, 5.74) is 0. The van der Waals surface area contributed by atoms with E-state index in [1.165, 1.54) is 51.7 Å². The molecule has 88 valence electrons. The van der Waals surface area contributed by atoms with Crippen LogP contribution >= 0.6 is 0 Å². The van der Waals surface area contributed by atoms with E-state index in [-0.39, 0.29) is 0 Å². The third kappa shape index (κ3) is 2.73. The fourth-order valence-electron chi connectivity index (χ4n) is 3.40. The molecule has 0 aromatic heterocycles. The van der Waals surface area contributed by atoms with Crippen molar-refractivity contribution in [2.45, 2.75) is 45.1 Å². The zero-order valence-electron chi connectivity index (χ0n) is 10.3. The summed E-state index contributed by atoms with van der Waals surface area (Å²) in [5.74, 6) is 1.94. The highest BCUT2D eigenvalue weighted by Gasteiger charge is 2.32. The highest BCUT2D eigenvalue weighted by atomic mass is 15.2. The third-order valence-corrected chi connectivity index (χ3v) is 4.42. The van der Waals surface area contributed by atoms with E-state index in [4.69, 9.17) is 0 Å². The minimum absolute atomic E-state index is 0.913. The first kappa shape index (κ1) is 11.4. The van der Waals surface area contributed by atoms with Crippen molar-refractivity contribution in [2.75, 3.05) is 26.7 Å². The molecule has 0 aromatic carbocycles. The molecule has 2 nitrogen and oxygen atoms in total. The van der Waals surface area contributed by atoms with E-state index < -0.39 is 0 Å². The number of nitrogens with zero attached hydrogens (tertiary/aromatic N) is 1. The Morgan fingerprint density at radius 1 is 1.20 bits per heavy atom. The van der Waals surface area contributed by atoms with Gasteiger partial charge in [-0.05, 0) is 57.7 Å². The second-order valence-corrected chi connectivity index (χ2v) is 5.45. The van der Waals surface area contributed by atoms with Crippen LogP contribution in [-0.2, 0) is 0 Å². The Hall–Kier alpha value is -0.0800. The van der Waals surface area contributed by atoms with Gasteiger partial charge in [-0.2, -0.15) is 0 Å². The lowest BCUT2D eigenvalue weighted by Gasteiger charge is -2.24. The first-order chi connectivity index (χ1) is 7.33. The monoisotopic (exact) mass is 210 g/mol. The highest BCUT2D eigenvalue weighted by molar-refractivity contribution is 4.87. The molecule has 1 aliphatic carbocycles. The van der Waals surface area contributed by atoms with Crippen molar-refractivity contribution in [3.63, 3.8) is 0 Å². The van der Waals surface area contributed by atoms with Gasteiger partial charge in [-0.25, -0.2) is 0 Å². The molecule has 0 bridgehead atoms. The Labute approximate surface area is 94.4 Å². The number of nitrogens with one attached hydrogen (secondary N) is 1. The van der Waals surface area contributed by atoms with E-state index in [2.05, 4.69) is 24.2 Å². The Morgan fingerprint density at radius 2 is 2.07 bits per heavy atom. The average Bonchev–Trinajstić information content (AvgIpc) is 2.85. The van der Waals surface area contributed by atoms with E-state index in [1.54, 1.807) is 0 Å². The largest absolute Gasteiger partial charge is 0.319 e. The molecular weight excluding hydrogens is 184 g/mol. The molecule has 1 heterocycles. The predicted octanol–water partition coefficient (Wildman–Crippen LogP) is 2.11. The maximum Gasteiger partial charge on any atom is 0.00981 e. The maximum absolute atomic E-state index is 3.31. The van der Waals surface area contributed by atoms with Crippen molar-refractivity contribution >= 4 is 0 Å². The quantitative estimate of drug-likeness (QED) is 0.764. The summed E-state index contributed by atoms with van der Waals surface area (Å²) in [4.78, 5) is 2.76. The van der Waals surface area contributed by atoms with Gasteiger partial charge in [-0.3, -0.25) is 0 Å². The third-order valence-electron chi connectivity index (χ3n) is 4.42. The molecule has 2 heteroatoms. The minimum Gasteiger partial charge on any atom is -0.319 e.